The van der Waals surface area contributed by atoms with Crippen molar-refractivity contribution in [3.8, 4) is 5.75 Å². The Morgan fingerprint density at radius 3 is 2.77 bits per heavy atom. The van der Waals surface area contributed by atoms with Gasteiger partial charge in [0, 0.05) is 15.5 Å². The second-order valence-electron chi connectivity index (χ2n) is 7.25. The van der Waals surface area contributed by atoms with Gasteiger partial charge in [-0.15, -0.1) is 0 Å². The van der Waals surface area contributed by atoms with Crippen molar-refractivity contribution in [2.75, 3.05) is 13.1 Å². The highest BCUT2D eigenvalue weighted by molar-refractivity contribution is 9.10. The maximum absolute atomic E-state index is 11.2. The highest BCUT2D eigenvalue weighted by Crippen LogP contribution is 2.52. The van der Waals surface area contributed by atoms with Crippen LogP contribution in [0.25, 0.3) is 0 Å². The maximum atomic E-state index is 11.2. The lowest BCUT2D eigenvalue weighted by atomic mass is 9.74. The Hall–Kier alpha value is -1.85. The third kappa shape index (κ3) is 3.26. The fourth-order valence-electron chi connectivity index (χ4n) is 4.42. The van der Waals surface area contributed by atoms with Gasteiger partial charge in [0.25, 0.3) is 0 Å². The summed E-state index contributed by atoms with van der Waals surface area (Å²) in [4.78, 5) is 11.2. The number of para-hydroxylation sites is 1. The lowest BCUT2D eigenvalue weighted by Gasteiger charge is -2.35. The second kappa shape index (κ2) is 7.05. The van der Waals surface area contributed by atoms with E-state index in [-0.39, 0.29) is 17.9 Å². The van der Waals surface area contributed by atoms with Gasteiger partial charge in [0.05, 0.1) is 6.42 Å². The molecular weight excluding hydrogens is 394 g/mol. The summed E-state index contributed by atoms with van der Waals surface area (Å²) in [5.41, 5.74) is 3.50. The maximum Gasteiger partial charge on any atom is 0.307 e. The van der Waals surface area contributed by atoms with Crippen LogP contribution in [0.15, 0.2) is 46.9 Å². The van der Waals surface area contributed by atoms with Gasteiger partial charge in [-0.1, -0.05) is 40.2 Å². The summed E-state index contributed by atoms with van der Waals surface area (Å²) in [6, 6.07) is 14.0. The van der Waals surface area contributed by atoms with Crippen molar-refractivity contribution in [2.45, 2.75) is 37.2 Å². The van der Waals surface area contributed by atoms with Crippen molar-refractivity contribution in [3.05, 3.63) is 63.6 Å². The first-order chi connectivity index (χ1) is 12.6. The molecule has 2 aromatic rings. The molecule has 1 aliphatic carbocycles. The molecule has 1 saturated heterocycles. The smallest absolute Gasteiger partial charge is 0.307 e. The topological polar surface area (TPSA) is 58.6 Å². The predicted molar refractivity (Wildman–Crippen MR) is 104 cm³/mol. The summed E-state index contributed by atoms with van der Waals surface area (Å²) in [6.45, 7) is 2.05. The van der Waals surface area contributed by atoms with Crippen LogP contribution in [0.1, 0.15) is 42.1 Å². The number of piperidine rings is 1. The molecule has 0 aromatic heterocycles. The molecule has 2 aromatic carbocycles. The van der Waals surface area contributed by atoms with Crippen LogP contribution in [-0.4, -0.2) is 24.2 Å². The summed E-state index contributed by atoms with van der Waals surface area (Å²) in [5.74, 6) is -0.165. The van der Waals surface area contributed by atoms with Crippen molar-refractivity contribution in [3.63, 3.8) is 0 Å². The van der Waals surface area contributed by atoms with Crippen LogP contribution in [0.2, 0.25) is 0 Å². The molecule has 1 aliphatic heterocycles. The molecule has 2 N–H and O–H groups in total. The minimum absolute atomic E-state index is 0.0245. The Morgan fingerprint density at radius 2 is 2.00 bits per heavy atom. The summed E-state index contributed by atoms with van der Waals surface area (Å²) in [5, 5.41) is 12.6. The van der Waals surface area contributed by atoms with Gasteiger partial charge >= 0.3 is 5.97 Å². The van der Waals surface area contributed by atoms with E-state index in [1.165, 1.54) is 11.1 Å². The van der Waals surface area contributed by atoms with E-state index >= 15 is 0 Å². The zero-order valence-corrected chi connectivity index (χ0v) is 16.1. The molecule has 1 fully saturated rings. The molecule has 0 radical (unpaired) electrons. The minimum atomic E-state index is -0.842. The van der Waals surface area contributed by atoms with E-state index in [0.29, 0.717) is 5.75 Å². The summed E-state index contributed by atoms with van der Waals surface area (Å²) >= 11 is 3.59. The number of hydrogen-bond acceptors (Lipinski definition) is 3. The van der Waals surface area contributed by atoms with Crippen molar-refractivity contribution >= 4 is 21.9 Å². The monoisotopic (exact) mass is 415 g/mol. The molecule has 4 rings (SSSR count). The number of aliphatic carboxylic acids is 1. The molecule has 0 amide bonds. The molecule has 2 aliphatic rings. The van der Waals surface area contributed by atoms with Crippen molar-refractivity contribution < 1.29 is 14.6 Å². The van der Waals surface area contributed by atoms with E-state index in [1.54, 1.807) is 0 Å². The fraction of sp³-hybridized carbons (Fsp3) is 0.381. The molecule has 1 atom stereocenters. The number of carboxylic acid groups (broad SMARTS) is 1. The van der Waals surface area contributed by atoms with Crippen LogP contribution in [0.5, 0.6) is 5.75 Å². The van der Waals surface area contributed by atoms with Crippen molar-refractivity contribution in [1.82, 2.24) is 5.32 Å². The summed E-state index contributed by atoms with van der Waals surface area (Å²) in [7, 11) is 0. The van der Waals surface area contributed by atoms with Gasteiger partial charge in [0.1, 0.15) is 11.9 Å². The fourth-order valence-corrected chi connectivity index (χ4v) is 4.80. The second-order valence-corrected chi connectivity index (χ2v) is 8.17. The van der Waals surface area contributed by atoms with Gasteiger partial charge in [-0.05, 0) is 61.7 Å². The number of ether oxygens (including phenoxy) is 1. The average molecular weight is 416 g/mol. The van der Waals surface area contributed by atoms with E-state index < -0.39 is 5.97 Å². The predicted octanol–water partition coefficient (Wildman–Crippen LogP) is 4.22. The summed E-state index contributed by atoms with van der Waals surface area (Å²) in [6.07, 6.45) is 3.09. The van der Waals surface area contributed by atoms with E-state index in [0.717, 1.165) is 42.4 Å². The molecule has 0 unspecified atom stereocenters. The number of hydrogen-bond donors (Lipinski definition) is 2. The van der Waals surface area contributed by atoms with Gasteiger partial charge in [-0.2, -0.15) is 0 Å². The first-order valence-electron chi connectivity index (χ1n) is 9.04. The number of fused-ring (bicyclic) bond motifs is 2. The largest absolute Gasteiger partial charge is 0.485 e. The van der Waals surface area contributed by atoms with Crippen LogP contribution in [-0.2, 0) is 16.6 Å². The number of rotatable bonds is 4. The lowest BCUT2D eigenvalue weighted by Crippen LogP contribution is -2.38. The Morgan fingerprint density at radius 1 is 1.23 bits per heavy atom. The van der Waals surface area contributed by atoms with E-state index in [9.17, 15) is 9.90 Å². The number of carboxylic acids is 1. The van der Waals surface area contributed by atoms with E-state index in [1.807, 2.05) is 24.3 Å². The number of carbonyl (C=O) groups is 1. The van der Waals surface area contributed by atoms with Gasteiger partial charge in [0.15, 0.2) is 0 Å². The first kappa shape index (κ1) is 17.6. The van der Waals surface area contributed by atoms with Crippen LogP contribution < -0.4 is 10.1 Å². The average Bonchev–Trinajstić information content (AvgIpc) is 2.89. The molecule has 26 heavy (non-hydrogen) atoms. The normalized spacial score (nSPS) is 20.7. The molecule has 1 heterocycles. The Balaban J connectivity index is 1.68. The molecular formula is C21H22BrNO3. The zero-order valence-electron chi connectivity index (χ0n) is 14.5. The minimum Gasteiger partial charge on any atom is -0.485 e. The van der Waals surface area contributed by atoms with Crippen molar-refractivity contribution in [1.29, 1.82) is 0 Å². The molecule has 0 bridgehead atoms. The summed E-state index contributed by atoms with van der Waals surface area (Å²) < 4.78 is 7.46. The molecule has 4 nitrogen and oxygen atoms in total. The van der Waals surface area contributed by atoms with Gasteiger partial charge in [-0.25, -0.2) is 0 Å². The Kier molecular flexibility index (Phi) is 4.76. The molecule has 5 heteroatoms. The molecule has 0 saturated carbocycles. The zero-order chi connectivity index (χ0) is 18.1. The third-order valence-electron chi connectivity index (χ3n) is 5.65. The van der Waals surface area contributed by atoms with Crippen LogP contribution in [0, 0.1) is 0 Å². The van der Waals surface area contributed by atoms with E-state index in [2.05, 4.69) is 39.4 Å². The van der Waals surface area contributed by atoms with Crippen LogP contribution in [0.3, 0.4) is 0 Å². The van der Waals surface area contributed by atoms with Crippen LogP contribution >= 0.6 is 15.9 Å². The van der Waals surface area contributed by atoms with Gasteiger partial charge in [0.2, 0.25) is 0 Å². The number of nitrogens with one attached hydrogen (secondary N) is 1. The molecule has 1 spiro atoms. The number of benzene rings is 2. The number of halogens is 1. The molecule has 136 valence electrons. The Labute approximate surface area is 161 Å². The van der Waals surface area contributed by atoms with Crippen molar-refractivity contribution in [2.24, 2.45) is 0 Å². The first-order valence-corrected chi connectivity index (χ1v) is 9.84. The standard InChI is InChI=1S/C21H22BrNO3/c22-15-5-6-17-16(12-15)19(13-21(17)7-9-23-10-8-21)26-18-4-2-1-3-14(18)11-20(24)25/h1-6,12,19,23H,7-11,13H2,(H,24,25)/t19-/m1/s1. The highest BCUT2D eigenvalue weighted by atomic mass is 79.9. The van der Waals surface area contributed by atoms with Crippen LogP contribution in [0.4, 0.5) is 0 Å². The Bertz CT molecular complexity index is 830. The van der Waals surface area contributed by atoms with Gasteiger partial charge in [-0.3, -0.25) is 4.79 Å². The van der Waals surface area contributed by atoms with E-state index in [4.69, 9.17) is 4.74 Å². The third-order valence-corrected chi connectivity index (χ3v) is 6.15. The SMILES string of the molecule is O=C(O)Cc1ccccc1O[C@@H]1CC2(CCNCC2)c2ccc(Br)cc21. The highest BCUT2D eigenvalue weighted by Gasteiger charge is 2.45. The van der Waals surface area contributed by atoms with Gasteiger partial charge < -0.3 is 15.2 Å². The lowest BCUT2D eigenvalue weighted by molar-refractivity contribution is -0.136. The quantitative estimate of drug-likeness (QED) is 0.784.